The Hall–Kier alpha value is -2.38. The molecule has 0 spiro atoms. The molecule has 0 fully saturated rings. The summed E-state index contributed by atoms with van der Waals surface area (Å²) in [4.78, 5) is 8.22. The van der Waals surface area contributed by atoms with E-state index in [-0.39, 0.29) is 21.2 Å². The first-order valence-electron chi connectivity index (χ1n) is 6.14. The molecule has 0 aliphatic carbocycles. The van der Waals surface area contributed by atoms with E-state index in [0.717, 1.165) is 0 Å². The van der Waals surface area contributed by atoms with Gasteiger partial charge in [-0.3, -0.25) is 4.72 Å². The number of anilines is 1. The molecule has 1 aromatic carbocycles. The third-order valence-electron chi connectivity index (χ3n) is 2.63. The fraction of sp³-hybridized carbons (Fsp3) is 0. The van der Waals surface area contributed by atoms with Crippen LogP contribution in [0.1, 0.15) is 0 Å². The van der Waals surface area contributed by atoms with Gasteiger partial charge in [0.25, 0.3) is 10.0 Å². The average molecular weight is 337 g/mol. The van der Waals surface area contributed by atoms with Crippen molar-refractivity contribution in [2.45, 2.75) is 4.90 Å². The molecule has 6 nitrogen and oxygen atoms in total. The van der Waals surface area contributed by atoms with Gasteiger partial charge in [-0.2, -0.15) is 0 Å². The summed E-state index contributed by atoms with van der Waals surface area (Å²) >= 11 is 5.98. The minimum atomic E-state index is -3.81. The smallest absolute Gasteiger partial charge is 0.263 e. The molecule has 114 valence electrons. The van der Waals surface area contributed by atoms with Gasteiger partial charge in [0.2, 0.25) is 0 Å². The molecule has 2 rings (SSSR count). The Balaban J connectivity index is 2.52. The highest BCUT2D eigenvalue weighted by molar-refractivity contribution is 7.92. The number of nitrogens with one attached hydrogen (secondary N) is 1. The lowest BCUT2D eigenvalue weighted by Gasteiger charge is -2.08. The first-order valence-corrected chi connectivity index (χ1v) is 8.00. The number of rotatable bonds is 4. The summed E-state index contributed by atoms with van der Waals surface area (Å²) in [6.45, 7) is 3.55. The zero-order chi connectivity index (χ0) is 16.2. The van der Waals surface area contributed by atoms with Gasteiger partial charge in [-0.15, -0.1) is 0 Å². The fourth-order valence-corrected chi connectivity index (χ4v) is 2.91. The van der Waals surface area contributed by atoms with E-state index in [0.29, 0.717) is 5.35 Å². The van der Waals surface area contributed by atoms with E-state index in [4.69, 9.17) is 17.3 Å². The molecule has 0 amide bonds. The Morgan fingerprint density at radius 1 is 1.18 bits per heavy atom. The second-order valence-electron chi connectivity index (χ2n) is 4.12. The fourth-order valence-electron chi connectivity index (χ4n) is 1.65. The normalized spacial score (nSPS) is 13.1. The molecular weight excluding hydrogens is 324 g/mol. The summed E-state index contributed by atoms with van der Waals surface area (Å²) in [7, 11) is -3.81. The van der Waals surface area contributed by atoms with Crippen LogP contribution < -0.4 is 21.2 Å². The molecule has 0 bridgehead atoms. The molecule has 1 aromatic heterocycles. The molecular formula is C14H13ClN4O2S. The van der Waals surface area contributed by atoms with E-state index in [1.807, 2.05) is 0 Å². The minimum absolute atomic E-state index is 0.0850. The van der Waals surface area contributed by atoms with Crippen LogP contribution in [0, 0.1) is 0 Å². The number of hydrogen-bond acceptors (Lipinski definition) is 5. The first-order chi connectivity index (χ1) is 10.5. The average Bonchev–Trinajstić information content (AvgIpc) is 2.51. The molecule has 0 atom stereocenters. The van der Waals surface area contributed by atoms with Gasteiger partial charge >= 0.3 is 0 Å². The van der Waals surface area contributed by atoms with E-state index >= 15 is 0 Å². The molecule has 0 unspecified atom stereocenters. The van der Waals surface area contributed by atoms with E-state index < -0.39 is 10.0 Å². The molecule has 2 aromatic rings. The Labute approximate surface area is 132 Å². The van der Waals surface area contributed by atoms with Gasteiger partial charge in [0.05, 0.1) is 10.2 Å². The zero-order valence-corrected chi connectivity index (χ0v) is 13.0. The highest BCUT2D eigenvalue weighted by Gasteiger charge is 2.17. The van der Waals surface area contributed by atoms with Crippen molar-refractivity contribution in [3.8, 4) is 0 Å². The third kappa shape index (κ3) is 3.44. The molecule has 0 saturated heterocycles. The van der Waals surface area contributed by atoms with Gasteiger partial charge in [0, 0.05) is 6.20 Å². The highest BCUT2D eigenvalue weighted by Crippen LogP contribution is 2.17. The molecule has 8 heteroatoms. The van der Waals surface area contributed by atoms with Gasteiger partial charge in [-0.05, 0) is 18.2 Å². The Morgan fingerprint density at radius 2 is 1.86 bits per heavy atom. The Kier molecular flexibility index (Phi) is 4.79. The van der Waals surface area contributed by atoms with Crippen molar-refractivity contribution in [3.05, 3.63) is 58.8 Å². The molecule has 0 radical (unpaired) electrons. The van der Waals surface area contributed by atoms with Crippen molar-refractivity contribution in [2.24, 2.45) is 5.73 Å². The molecule has 0 aliphatic heterocycles. The van der Waals surface area contributed by atoms with Crippen molar-refractivity contribution in [2.75, 3.05) is 4.72 Å². The second kappa shape index (κ2) is 6.59. The maximum atomic E-state index is 12.3. The zero-order valence-electron chi connectivity index (χ0n) is 11.4. The summed E-state index contributed by atoms with van der Waals surface area (Å²) in [6, 6.07) is 7.86. The van der Waals surface area contributed by atoms with Crippen molar-refractivity contribution >= 4 is 39.7 Å². The number of aromatic nitrogens is 2. The van der Waals surface area contributed by atoms with Gasteiger partial charge in [-0.25, -0.2) is 18.4 Å². The predicted octanol–water partition coefficient (Wildman–Crippen LogP) is 0.594. The van der Waals surface area contributed by atoms with Gasteiger partial charge < -0.3 is 5.73 Å². The lowest BCUT2D eigenvalue weighted by atomic mass is 10.4. The maximum Gasteiger partial charge on any atom is 0.263 e. The Bertz CT molecular complexity index is 912. The minimum Gasteiger partial charge on any atom is -0.403 e. The van der Waals surface area contributed by atoms with E-state index in [1.165, 1.54) is 24.4 Å². The SMILES string of the molecule is C=C/C=c1/nc(Cl)c(NS(=O)(=O)c2ccccc2)n/c1=C/N. The summed E-state index contributed by atoms with van der Waals surface area (Å²) in [5.41, 5.74) is 5.47. The van der Waals surface area contributed by atoms with Crippen LogP contribution in [0.15, 0.2) is 47.9 Å². The van der Waals surface area contributed by atoms with E-state index in [9.17, 15) is 8.42 Å². The van der Waals surface area contributed by atoms with Gasteiger partial charge in [0.1, 0.15) is 5.35 Å². The van der Waals surface area contributed by atoms with Crippen LogP contribution in [0.4, 0.5) is 5.82 Å². The third-order valence-corrected chi connectivity index (χ3v) is 4.25. The summed E-state index contributed by atoms with van der Waals surface area (Å²) in [5, 5.41) is 0.596. The summed E-state index contributed by atoms with van der Waals surface area (Å²) < 4.78 is 26.8. The van der Waals surface area contributed by atoms with Crippen molar-refractivity contribution in [1.82, 2.24) is 9.97 Å². The molecule has 0 saturated carbocycles. The lowest BCUT2D eigenvalue weighted by molar-refractivity contribution is 0.601. The lowest BCUT2D eigenvalue weighted by Crippen LogP contribution is -2.34. The van der Waals surface area contributed by atoms with Crippen LogP contribution in [-0.2, 0) is 10.0 Å². The number of halogens is 1. The predicted molar refractivity (Wildman–Crippen MR) is 86.9 cm³/mol. The van der Waals surface area contributed by atoms with Crippen LogP contribution in [0.5, 0.6) is 0 Å². The van der Waals surface area contributed by atoms with Crippen molar-refractivity contribution in [1.29, 1.82) is 0 Å². The Morgan fingerprint density at radius 3 is 2.45 bits per heavy atom. The number of benzene rings is 1. The molecule has 22 heavy (non-hydrogen) atoms. The number of hydrogen-bond donors (Lipinski definition) is 2. The molecule has 3 N–H and O–H groups in total. The van der Waals surface area contributed by atoms with Crippen molar-refractivity contribution < 1.29 is 8.42 Å². The van der Waals surface area contributed by atoms with Crippen LogP contribution >= 0.6 is 11.6 Å². The van der Waals surface area contributed by atoms with Crippen LogP contribution in [0.25, 0.3) is 12.3 Å². The molecule has 0 aliphatic rings. The van der Waals surface area contributed by atoms with Crippen molar-refractivity contribution in [3.63, 3.8) is 0 Å². The number of allylic oxidation sites excluding steroid dienone is 1. The van der Waals surface area contributed by atoms with Crippen LogP contribution in [0.2, 0.25) is 5.15 Å². The summed E-state index contributed by atoms with van der Waals surface area (Å²) in [6.07, 6.45) is 4.27. The largest absolute Gasteiger partial charge is 0.403 e. The number of sulfonamides is 1. The topological polar surface area (TPSA) is 98.0 Å². The van der Waals surface area contributed by atoms with Crippen LogP contribution in [0.3, 0.4) is 0 Å². The number of nitrogens with zero attached hydrogens (tertiary/aromatic N) is 2. The first kappa shape index (κ1) is 16.0. The standard InChI is InChI=1S/C14H13ClN4O2S/c1-2-6-11-12(9-16)18-14(13(15)17-11)19-22(20,21)10-7-4-3-5-8-10/h2-9H,1,16H2,(H,18,19)/b11-6+,12-9+. The van der Waals surface area contributed by atoms with Gasteiger partial charge in [-0.1, -0.05) is 42.5 Å². The number of nitrogens with two attached hydrogens (primary N) is 1. The maximum absolute atomic E-state index is 12.3. The summed E-state index contributed by atoms with van der Waals surface area (Å²) in [5.74, 6) is -0.0940. The monoisotopic (exact) mass is 336 g/mol. The van der Waals surface area contributed by atoms with Crippen LogP contribution in [-0.4, -0.2) is 18.4 Å². The quantitative estimate of drug-likeness (QED) is 0.851. The van der Waals surface area contributed by atoms with E-state index in [2.05, 4.69) is 21.3 Å². The molecule has 1 heterocycles. The second-order valence-corrected chi connectivity index (χ2v) is 6.16. The highest BCUT2D eigenvalue weighted by atomic mass is 35.5. The van der Waals surface area contributed by atoms with Gasteiger partial charge in [0.15, 0.2) is 11.0 Å². The van der Waals surface area contributed by atoms with E-state index in [1.54, 1.807) is 24.3 Å².